The third-order valence-electron chi connectivity index (χ3n) is 2.43. The Balaban J connectivity index is 2.99. The van der Waals surface area contributed by atoms with Crippen LogP contribution >= 0.6 is 11.6 Å². The number of carbonyl (C=O) groups excluding carboxylic acids is 1. The first kappa shape index (κ1) is 9.80. The van der Waals surface area contributed by atoms with E-state index in [2.05, 4.69) is 9.72 Å². The molecule has 0 bridgehead atoms. The van der Waals surface area contributed by atoms with E-state index in [1.54, 1.807) is 0 Å². The van der Waals surface area contributed by atoms with Crippen molar-refractivity contribution in [2.24, 2.45) is 6.98 Å². The Morgan fingerprint density at radius 2 is 2.42 bits per heavy atom. The van der Waals surface area contributed by atoms with Crippen molar-refractivity contribution < 1.29 is 18.8 Å². The van der Waals surface area contributed by atoms with E-state index in [0.29, 0.717) is 4.57 Å². The summed E-state index contributed by atoms with van der Waals surface area (Å²) in [4.78, 5) is 28.0. The summed E-state index contributed by atoms with van der Waals surface area (Å²) in [6.45, 7) is -1.43. The number of hydrogen-bond donors (Lipinski definition) is 1. The molecule has 2 aromatic heterocycles. The molecule has 0 radical (unpaired) electrons. The van der Waals surface area contributed by atoms with E-state index in [1.165, 1.54) is 13.0 Å². The number of nitrogens with zero attached hydrogens (tertiary/aromatic N) is 2. The molecule has 0 atom stereocenters. The van der Waals surface area contributed by atoms with Crippen LogP contribution in [0.4, 0.5) is 0 Å². The van der Waals surface area contributed by atoms with Gasteiger partial charge in [0.2, 0.25) is 0 Å². The smallest absolute Gasteiger partial charge is 0.347 e. The van der Waals surface area contributed by atoms with Gasteiger partial charge in [-0.05, 0) is 13.0 Å². The van der Waals surface area contributed by atoms with Crippen molar-refractivity contribution in [3.05, 3.63) is 33.2 Å². The van der Waals surface area contributed by atoms with Gasteiger partial charge in [-0.15, -0.1) is 0 Å². The molecule has 0 saturated heterocycles. The van der Waals surface area contributed by atoms with Gasteiger partial charge < -0.3 is 9.84 Å². The summed E-state index contributed by atoms with van der Waals surface area (Å²) in [5.41, 5.74) is -2.28. The normalized spacial score (nSPS) is 13.7. The molecule has 0 aliphatic heterocycles. The average Bonchev–Trinajstić information content (AvgIpc) is 2.38. The number of rotatable bonds is 2. The second-order valence-corrected chi connectivity index (χ2v) is 4.05. The highest BCUT2D eigenvalue weighted by molar-refractivity contribution is 6.31. The Labute approximate surface area is 117 Å². The molecule has 0 fully saturated rings. The quantitative estimate of drug-likeness (QED) is 0.845. The van der Waals surface area contributed by atoms with E-state index in [1.807, 2.05) is 0 Å². The molecule has 2 heterocycles. The number of aromatic hydroxyl groups is 1. The van der Waals surface area contributed by atoms with Gasteiger partial charge in [0, 0.05) is 17.3 Å². The fourth-order valence-corrected chi connectivity index (χ4v) is 1.77. The Morgan fingerprint density at radius 3 is 3.05 bits per heavy atom. The summed E-state index contributed by atoms with van der Waals surface area (Å²) in [7, 11) is 0. The van der Waals surface area contributed by atoms with Crippen LogP contribution in [0.3, 0.4) is 0 Å². The summed E-state index contributed by atoms with van der Waals surface area (Å²) in [5, 5.41) is 10.1. The highest BCUT2D eigenvalue weighted by Crippen LogP contribution is 2.27. The van der Waals surface area contributed by atoms with E-state index >= 15 is 0 Å². The highest BCUT2D eigenvalue weighted by atomic mass is 35.5. The van der Waals surface area contributed by atoms with Gasteiger partial charge in [-0.1, -0.05) is 11.6 Å². The minimum atomic E-state index is -2.90. The number of fused-ring (bicyclic) bond motifs is 1. The molecular weight excluding hydrogens is 272 g/mol. The number of pyridine rings is 2. The number of aromatic nitrogens is 2. The average molecular weight is 286 g/mol. The van der Waals surface area contributed by atoms with Crippen LogP contribution in [0.2, 0.25) is 5.02 Å². The molecule has 2 rings (SSSR count). The predicted octanol–water partition coefficient (Wildman–Crippen LogP) is 1.47. The Morgan fingerprint density at radius 1 is 1.68 bits per heavy atom. The van der Waals surface area contributed by atoms with E-state index < -0.39 is 29.8 Å². The number of esters is 1. The van der Waals surface area contributed by atoms with Crippen LogP contribution in [-0.2, 0) is 11.7 Å². The molecule has 1 N–H and O–H groups in total. The molecule has 0 unspecified atom stereocenters. The second-order valence-electron chi connectivity index (χ2n) is 3.61. The van der Waals surface area contributed by atoms with E-state index in [-0.39, 0.29) is 22.7 Å². The van der Waals surface area contributed by atoms with Crippen LogP contribution in [0.1, 0.15) is 21.4 Å². The second kappa shape index (κ2) is 4.89. The molecular formula is C12H11ClN2O4. The van der Waals surface area contributed by atoms with Gasteiger partial charge in [-0.25, -0.2) is 9.78 Å². The topological polar surface area (TPSA) is 81.4 Å². The molecule has 0 aliphatic carbocycles. The molecule has 0 aromatic carbocycles. The molecule has 100 valence electrons. The van der Waals surface area contributed by atoms with Gasteiger partial charge in [0.05, 0.1) is 17.0 Å². The molecule has 0 aliphatic rings. The largest absolute Gasteiger partial charge is 0.506 e. The van der Waals surface area contributed by atoms with Gasteiger partial charge in [0.25, 0.3) is 5.56 Å². The first-order valence-corrected chi connectivity index (χ1v) is 5.67. The monoisotopic (exact) mass is 285 g/mol. The van der Waals surface area contributed by atoms with Crippen molar-refractivity contribution in [2.45, 2.75) is 6.92 Å². The third kappa shape index (κ3) is 2.15. The van der Waals surface area contributed by atoms with Crippen molar-refractivity contribution in [2.75, 3.05) is 6.61 Å². The molecule has 0 saturated carbocycles. The zero-order valence-electron chi connectivity index (χ0n) is 12.8. The first-order chi connectivity index (χ1) is 10.2. The summed E-state index contributed by atoms with van der Waals surface area (Å²) < 4.78 is 27.4. The minimum Gasteiger partial charge on any atom is -0.506 e. The summed E-state index contributed by atoms with van der Waals surface area (Å²) >= 11 is 5.77. The lowest BCUT2D eigenvalue weighted by atomic mass is 10.1. The van der Waals surface area contributed by atoms with Crippen molar-refractivity contribution in [3.8, 4) is 5.75 Å². The maximum atomic E-state index is 12.3. The van der Waals surface area contributed by atoms with Crippen molar-refractivity contribution >= 4 is 28.6 Å². The third-order valence-corrected chi connectivity index (χ3v) is 2.64. The highest BCUT2D eigenvalue weighted by Gasteiger charge is 2.22. The number of aryl methyl sites for hydroxylation is 1. The van der Waals surface area contributed by atoms with E-state index in [9.17, 15) is 14.7 Å². The van der Waals surface area contributed by atoms with Crippen LogP contribution in [0.25, 0.3) is 11.0 Å². The van der Waals surface area contributed by atoms with Crippen LogP contribution in [-0.4, -0.2) is 27.2 Å². The van der Waals surface area contributed by atoms with Crippen molar-refractivity contribution in [1.82, 2.24) is 9.55 Å². The van der Waals surface area contributed by atoms with Gasteiger partial charge in [-0.2, -0.15) is 0 Å². The number of hydrogen-bond acceptors (Lipinski definition) is 5. The van der Waals surface area contributed by atoms with Crippen molar-refractivity contribution in [1.29, 1.82) is 0 Å². The Bertz CT molecular complexity index is 817. The molecule has 0 amide bonds. The van der Waals surface area contributed by atoms with E-state index in [0.717, 1.165) is 6.20 Å². The first-order valence-electron chi connectivity index (χ1n) is 6.79. The Hall–Kier alpha value is -2.08. The van der Waals surface area contributed by atoms with Gasteiger partial charge >= 0.3 is 5.97 Å². The minimum absolute atomic E-state index is 0.0443. The van der Waals surface area contributed by atoms with Crippen LogP contribution in [0, 0.1) is 0 Å². The lowest BCUT2D eigenvalue weighted by Crippen LogP contribution is -2.26. The standard InChI is InChI=1S/C12H11ClN2O4/c1-3-19-12(18)8-9(16)7-4-6(13)5-14-10(7)15(2)11(8)17/h4-5,16H,3H2,1-2H3/i2D3. The van der Waals surface area contributed by atoms with E-state index in [4.69, 9.17) is 15.7 Å². The number of carbonyl (C=O) groups is 1. The lowest BCUT2D eigenvalue weighted by Gasteiger charge is -2.10. The van der Waals surface area contributed by atoms with Crippen LogP contribution in [0.5, 0.6) is 5.75 Å². The Kier molecular flexibility index (Phi) is 2.52. The summed E-state index contributed by atoms with van der Waals surface area (Å²) in [6, 6.07) is 1.21. The number of halogens is 1. The fraction of sp³-hybridized carbons (Fsp3) is 0.250. The van der Waals surface area contributed by atoms with Crippen LogP contribution < -0.4 is 5.56 Å². The molecule has 19 heavy (non-hydrogen) atoms. The molecule has 2 aromatic rings. The fourth-order valence-electron chi connectivity index (χ4n) is 1.62. The maximum absolute atomic E-state index is 12.3. The van der Waals surface area contributed by atoms with Gasteiger partial charge in [0.1, 0.15) is 11.4 Å². The SMILES string of the molecule is [2H]C([2H])([2H])n1c(=O)c(C(=O)OCC)c(O)c2cc(Cl)cnc21. The molecule has 7 heteroatoms. The molecule has 6 nitrogen and oxygen atoms in total. The van der Waals surface area contributed by atoms with Crippen molar-refractivity contribution in [3.63, 3.8) is 0 Å². The predicted molar refractivity (Wildman–Crippen MR) is 69.6 cm³/mol. The van der Waals surface area contributed by atoms with Gasteiger partial charge in [0.15, 0.2) is 5.56 Å². The maximum Gasteiger partial charge on any atom is 0.347 e. The summed E-state index contributed by atoms with van der Waals surface area (Å²) in [6.07, 6.45) is 1.13. The summed E-state index contributed by atoms with van der Waals surface area (Å²) in [5.74, 6) is -1.83. The molecule has 0 spiro atoms. The van der Waals surface area contributed by atoms with Gasteiger partial charge in [-0.3, -0.25) is 9.36 Å². The number of ether oxygens (including phenoxy) is 1. The zero-order chi connectivity index (χ0) is 16.7. The zero-order valence-corrected chi connectivity index (χ0v) is 10.6. The van der Waals surface area contributed by atoms with Crippen LogP contribution in [0.15, 0.2) is 17.1 Å². The lowest BCUT2D eigenvalue weighted by molar-refractivity contribution is 0.0520.